The van der Waals surface area contributed by atoms with Gasteiger partial charge in [-0.05, 0) is 69.0 Å². The molecule has 1 fully saturated rings. The van der Waals surface area contributed by atoms with E-state index in [2.05, 4.69) is 10.3 Å². The van der Waals surface area contributed by atoms with Crippen molar-refractivity contribution in [3.63, 3.8) is 0 Å². The van der Waals surface area contributed by atoms with Crippen LogP contribution in [0, 0.1) is 0 Å². The van der Waals surface area contributed by atoms with Crippen LogP contribution >= 0.6 is 0 Å². The number of carbonyl (C=O) groups is 2. The molecule has 1 heterocycles. The summed E-state index contributed by atoms with van der Waals surface area (Å²) in [5.41, 5.74) is 1.93. The van der Waals surface area contributed by atoms with E-state index in [-0.39, 0.29) is 18.7 Å². The van der Waals surface area contributed by atoms with Crippen LogP contribution in [0.25, 0.3) is 0 Å². The smallest absolute Gasteiger partial charge is 0.410 e. The first-order chi connectivity index (χ1) is 20.7. The van der Waals surface area contributed by atoms with Gasteiger partial charge in [0.05, 0.1) is 12.4 Å². The predicted octanol–water partition coefficient (Wildman–Crippen LogP) is 5.50. The van der Waals surface area contributed by atoms with E-state index in [1.54, 1.807) is 23.4 Å². The number of benzene rings is 3. The van der Waals surface area contributed by atoms with E-state index in [9.17, 15) is 9.59 Å². The lowest BCUT2D eigenvalue weighted by Crippen LogP contribution is -2.44. The number of aliphatic imine (C=N–C) groups is 1. The highest BCUT2D eigenvalue weighted by atomic mass is 16.7. The van der Waals surface area contributed by atoms with E-state index in [0.717, 1.165) is 29.7 Å². The Bertz CT molecular complexity index is 1290. The molecule has 1 amide bonds. The maximum absolute atomic E-state index is 13.0. The molecule has 2 atom stereocenters. The molecule has 0 aromatic heterocycles. The number of nitrogens with two attached hydrogens (primary N) is 1. The molecular formula is C33H40N4O6. The minimum absolute atomic E-state index is 0.00675. The Hall–Kier alpha value is -4.41. The summed E-state index contributed by atoms with van der Waals surface area (Å²) in [6.45, 7) is 6.64. The normalized spacial score (nSPS) is 16.1. The fourth-order valence-corrected chi connectivity index (χ4v) is 4.54. The van der Waals surface area contributed by atoms with Crippen LogP contribution in [0.5, 0.6) is 5.75 Å². The largest absolute Gasteiger partial charge is 0.490 e. The van der Waals surface area contributed by atoms with Crippen LogP contribution in [-0.4, -0.2) is 60.7 Å². The minimum Gasteiger partial charge on any atom is -0.490 e. The lowest BCUT2D eigenvalue weighted by atomic mass is 10.0. The quantitative estimate of drug-likeness (QED) is 0.130. The molecule has 0 bridgehead atoms. The summed E-state index contributed by atoms with van der Waals surface area (Å²) >= 11 is 0. The molecule has 1 aliphatic heterocycles. The number of esters is 1. The van der Waals surface area contributed by atoms with Crippen molar-refractivity contribution in [3.8, 4) is 5.75 Å². The van der Waals surface area contributed by atoms with Gasteiger partial charge in [0.2, 0.25) is 6.10 Å². The highest BCUT2D eigenvalue weighted by molar-refractivity contribution is 5.76. The molecule has 3 N–H and O–H groups in total. The number of ether oxygens (including phenoxy) is 3. The van der Waals surface area contributed by atoms with Crippen LogP contribution < -0.4 is 16.0 Å². The second-order valence-corrected chi connectivity index (χ2v) is 11.2. The van der Waals surface area contributed by atoms with Crippen molar-refractivity contribution in [2.24, 2.45) is 10.9 Å². The zero-order valence-electron chi connectivity index (χ0n) is 24.8. The third kappa shape index (κ3) is 9.83. The standard InChI is InChI=1S/C33H40N4O6/c1-33(2,3)42-32(39)37-20-10-15-27(21-37)36-23-35-26-16-18-28(19-17-26)40-22-29(43-34)31(38)41-30(24-11-6-4-7-12-24)25-13-8-5-9-14-25/h4-9,11-14,16-19,23,27,29-30H,10,15,20-22,34H2,1-3H3,(H,35,36)/t27-,29+/m1/s1. The zero-order chi connectivity index (χ0) is 30.7. The van der Waals surface area contributed by atoms with Crippen molar-refractivity contribution in [2.45, 2.75) is 57.5 Å². The lowest BCUT2D eigenvalue weighted by Gasteiger charge is -2.32. The molecule has 3 aromatic carbocycles. The van der Waals surface area contributed by atoms with Gasteiger partial charge in [0.25, 0.3) is 0 Å². The number of amides is 1. The van der Waals surface area contributed by atoms with E-state index < -0.39 is 23.8 Å². The van der Waals surface area contributed by atoms with Crippen molar-refractivity contribution in [3.05, 3.63) is 96.1 Å². The number of hydrogen-bond acceptors (Lipinski definition) is 8. The molecule has 3 aromatic rings. The summed E-state index contributed by atoms with van der Waals surface area (Å²) in [5, 5.41) is 3.15. The average molecular weight is 589 g/mol. The fourth-order valence-electron chi connectivity index (χ4n) is 4.54. The monoisotopic (exact) mass is 588 g/mol. The Morgan fingerprint density at radius 1 is 1.00 bits per heavy atom. The Balaban J connectivity index is 1.27. The van der Waals surface area contributed by atoms with Crippen molar-refractivity contribution in [1.29, 1.82) is 0 Å². The molecule has 4 rings (SSSR count). The Kier molecular flexibility index (Phi) is 11.1. The Morgan fingerprint density at radius 2 is 1.63 bits per heavy atom. The van der Waals surface area contributed by atoms with Crippen LogP contribution in [0.15, 0.2) is 89.9 Å². The van der Waals surface area contributed by atoms with Gasteiger partial charge in [0, 0.05) is 18.8 Å². The molecular weight excluding hydrogens is 548 g/mol. The van der Waals surface area contributed by atoms with Crippen molar-refractivity contribution >= 4 is 24.1 Å². The summed E-state index contributed by atoms with van der Waals surface area (Å²) in [4.78, 5) is 36.6. The van der Waals surface area contributed by atoms with E-state index in [1.165, 1.54) is 0 Å². The first-order valence-corrected chi connectivity index (χ1v) is 14.4. The van der Waals surface area contributed by atoms with Crippen LogP contribution in [0.3, 0.4) is 0 Å². The van der Waals surface area contributed by atoms with Gasteiger partial charge in [-0.3, -0.25) is 9.83 Å². The Labute approximate surface area is 252 Å². The molecule has 0 unspecified atom stereocenters. The predicted molar refractivity (Wildman–Crippen MR) is 165 cm³/mol. The summed E-state index contributed by atoms with van der Waals surface area (Å²) in [6.07, 6.45) is 1.36. The number of likely N-dealkylation sites (tertiary alicyclic amines) is 1. The third-order valence-electron chi connectivity index (χ3n) is 6.69. The number of hydrogen-bond donors (Lipinski definition) is 2. The summed E-state index contributed by atoms with van der Waals surface area (Å²) in [5.74, 6) is 5.34. The zero-order valence-corrected chi connectivity index (χ0v) is 24.8. The van der Waals surface area contributed by atoms with Gasteiger partial charge < -0.3 is 24.4 Å². The number of piperidine rings is 1. The summed E-state index contributed by atoms with van der Waals surface area (Å²) in [7, 11) is 0. The van der Waals surface area contributed by atoms with E-state index in [1.807, 2.05) is 93.6 Å². The molecule has 0 saturated carbocycles. The van der Waals surface area contributed by atoms with Crippen LogP contribution in [0.1, 0.15) is 50.8 Å². The van der Waals surface area contributed by atoms with Gasteiger partial charge >= 0.3 is 12.1 Å². The van der Waals surface area contributed by atoms with Crippen LogP contribution in [0.2, 0.25) is 0 Å². The highest BCUT2D eigenvalue weighted by Crippen LogP contribution is 2.27. The number of anilines is 1. The van der Waals surface area contributed by atoms with E-state index >= 15 is 0 Å². The SMILES string of the molecule is CC(C)(C)OC(=O)N1CCC[C@@H](N=CNc2ccc(OC[C@H](ON)C(=O)OC(c3ccccc3)c3ccccc3)cc2)C1. The minimum atomic E-state index is -1.13. The third-order valence-corrected chi connectivity index (χ3v) is 6.69. The van der Waals surface area contributed by atoms with E-state index in [0.29, 0.717) is 18.8 Å². The molecule has 10 heteroatoms. The van der Waals surface area contributed by atoms with Crippen molar-refractivity contribution in [2.75, 3.05) is 25.0 Å². The van der Waals surface area contributed by atoms with Gasteiger partial charge in [-0.1, -0.05) is 60.7 Å². The number of nitrogens with one attached hydrogen (secondary N) is 1. The van der Waals surface area contributed by atoms with Crippen LogP contribution in [-0.2, 0) is 19.1 Å². The summed E-state index contributed by atoms with van der Waals surface area (Å²) < 4.78 is 17.1. The molecule has 1 aliphatic rings. The first kappa shape index (κ1) is 31.5. The summed E-state index contributed by atoms with van der Waals surface area (Å²) in [6, 6.07) is 26.1. The van der Waals surface area contributed by atoms with Gasteiger partial charge in [-0.15, -0.1) is 0 Å². The molecule has 0 aliphatic carbocycles. The lowest BCUT2D eigenvalue weighted by molar-refractivity contribution is -0.163. The van der Waals surface area contributed by atoms with Crippen LogP contribution in [0.4, 0.5) is 10.5 Å². The molecule has 43 heavy (non-hydrogen) atoms. The maximum atomic E-state index is 13.0. The van der Waals surface area contributed by atoms with E-state index in [4.69, 9.17) is 24.9 Å². The molecule has 228 valence electrons. The topological polar surface area (TPSA) is 125 Å². The molecule has 10 nitrogen and oxygen atoms in total. The van der Waals surface area contributed by atoms with Crippen molar-refractivity contribution in [1.82, 2.24) is 4.90 Å². The molecule has 0 spiro atoms. The maximum Gasteiger partial charge on any atom is 0.410 e. The first-order valence-electron chi connectivity index (χ1n) is 14.4. The average Bonchev–Trinajstić information content (AvgIpc) is 3.01. The second-order valence-electron chi connectivity index (χ2n) is 11.2. The molecule has 0 radical (unpaired) electrons. The highest BCUT2D eigenvalue weighted by Gasteiger charge is 2.28. The Morgan fingerprint density at radius 3 is 2.21 bits per heavy atom. The van der Waals surface area contributed by atoms with Gasteiger partial charge in [-0.2, -0.15) is 0 Å². The number of carbonyl (C=O) groups excluding carboxylic acids is 2. The number of nitrogens with zero attached hydrogens (tertiary/aromatic N) is 2. The molecule has 1 saturated heterocycles. The number of rotatable bonds is 11. The van der Waals surface area contributed by atoms with Gasteiger partial charge in [-0.25, -0.2) is 15.5 Å². The van der Waals surface area contributed by atoms with Gasteiger partial charge in [0.1, 0.15) is 18.0 Å². The fraction of sp³-hybridized carbons (Fsp3) is 0.364. The van der Waals surface area contributed by atoms with Gasteiger partial charge in [0.15, 0.2) is 6.10 Å². The van der Waals surface area contributed by atoms with Crippen molar-refractivity contribution < 1.29 is 28.6 Å². The second kappa shape index (κ2) is 15.2.